The third-order valence-electron chi connectivity index (χ3n) is 5.44. The second-order valence-corrected chi connectivity index (χ2v) is 13.8. The van der Waals surface area contributed by atoms with Crippen LogP contribution in [0.4, 0.5) is 16.2 Å². The maximum atomic E-state index is 12.6. The van der Waals surface area contributed by atoms with Crippen molar-refractivity contribution in [2.24, 2.45) is 0 Å². The van der Waals surface area contributed by atoms with E-state index in [0.29, 0.717) is 12.1 Å². The van der Waals surface area contributed by atoms with Gasteiger partial charge in [-0.3, -0.25) is 18.2 Å². The molecule has 0 atom stereocenters. The van der Waals surface area contributed by atoms with Crippen LogP contribution < -0.4 is 10.6 Å². The van der Waals surface area contributed by atoms with Gasteiger partial charge < -0.3 is 10.6 Å². The monoisotopic (exact) mass is 632 g/mol. The Morgan fingerprint density at radius 2 is 0.850 bits per heavy atom. The van der Waals surface area contributed by atoms with Crippen molar-refractivity contribution in [2.45, 2.75) is 19.6 Å². The van der Waals surface area contributed by atoms with Crippen LogP contribution in [0.25, 0.3) is 21.5 Å². The van der Waals surface area contributed by atoms with Gasteiger partial charge in [-0.25, -0.2) is 4.79 Å². The number of hydrogen-bond donors (Lipinski definition) is 6. The molecule has 6 N–H and O–H groups in total. The lowest BCUT2D eigenvalue weighted by atomic mass is 10.1. The largest absolute Gasteiger partial charge is 0.323 e. The smallest absolute Gasteiger partial charge is 0.308 e. The number of carbonyl (C=O) groups excluding carboxylic acids is 1. The molecule has 0 aliphatic rings. The number of rotatable bonds is 6. The van der Waals surface area contributed by atoms with Gasteiger partial charge in [0, 0.05) is 22.1 Å². The Morgan fingerprint density at radius 1 is 0.500 bits per heavy atom. The fourth-order valence-electron chi connectivity index (χ4n) is 3.79. The number of amides is 2. The molecule has 0 aliphatic carbocycles. The molecule has 0 aromatic heterocycles. The number of benzene rings is 4. The number of carbonyl (C=O) groups is 1. The lowest BCUT2D eigenvalue weighted by Gasteiger charge is -2.12. The molecule has 0 bridgehead atoms. The molecule has 0 radical (unpaired) electrons. The van der Waals surface area contributed by atoms with Crippen LogP contribution in [0.2, 0.25) is 0 Å². The number of fused-ring (bicyclic) bond motifs is 2. The van der Waals surface area contributed by atoms with E-state index in [1.165, 1.54) is 12.1 Å². The Morgan fingerprint density at radius 3 is 1.15 bits per heavy atom. The van der Waals surface area contributed by atoms with Crippen LogP contribution in [0, 0.1) is 0 Å². The highest BCUT2D eigenvalue weighted by molar-refractivity contribution is 7.87. The molecule has 0 saturated heterocycles. The lowest BCUT2D eigenvalue weighted by Crippen LogP contribution is -2.19. The third kappa shape index (κ3) is 6.21. The third-order valence-corrected chi connectivity index (χ3v) is 8.89. The second-order valence-electron chi connectivity index (χ2n) is 8.19. The van der Waals surface area contributed by atoms with Gasteiger partial charge in [0.2, 0.25) is 0 Å². The van der Waals surface area contributed by atoms with Gasteiger partial charge in [-0.1, -0.05) is 12.1 Å². The van der Waals surface area contributed by atoms with Crippen LogP contribution in [-0.4, -0.2) is 57.9 Å². The van der Waals surface area contributed by atoms with Crippen molar-refractivity contribution in [1.82, 2.24) is 0 Å². The quantitative estimate of drug-likeness (QED) is 0.167. The second kappa shape index (κ2) is 9.74. The Balaban J connectivity index is 1.70. The van der Waals surface area contributed by atoms with Gasteiger partial charge in [0.1, 0.15) is 9.79 Å². The Hall–Kier alpha value is -3.69. The van der Waals surface area contributed by atoms with Crippen molar-refractivity contribution in [3.63, 3.8) is 0 Å². The molecule has 40 heavy (non-hydrogen) atoms. The molecule has 0 fully saturated rings. The highest BCUT2D eigenvalue weighted by Crippen LogP contribution is 2.31. The summed E-state index contributed by atoms with van der Waals surface area (Å²) in [5, 5.41) is 4.30. The zero-order valence-electron chi connectivity index (χ0n) is 19.4. The summed E-state index contributed by atoms with van der Waals surface area (Å²) in [7, 11) is -19.6. The van der Waals surface area contributed by atoms with Crippen LogP contribution in [0.3, 0.4) is 0 Å². The maximum Gasteiger partial charge on any atom is 0.323 e. The van der Waals surface area contributed by atoms with Crippen molar-refractivity contribution in [3.8, 4) is 0 Å². The van der Waals surface area contributed by atoms with Crippen molar-refractivity contribution in [1.29, 1.82) is 0 Å². The van der Waals surface area contributed by atoms with Crippen LogP contribution >= 0.6 is 0 Å². The van der Waals surface area contributed by atoms with Gasteiger partial charge in [0.05, 0.1) is 9.79 Å². The van der Waals surface area contributed by atoms with Gasteiger partial charge in [0.15, 0.2) is 0 Å². The summed E-state index contributed by atoms with van der Waals surface area (Å²) in [6, 6.07) is 9.09. The molecular formula is C21H16N2O13S4. The van der Waals surface area contributed by atoms with E-state index in [0.717, 1.165) is 36.4 Å². The first kappa shape index (κ1) is 29.3. The fourth-order valence-corrected chi connectivity index (χ4v) is 6.50. The molecule has 0 spiro atoms. The summed E-state index contributed by atoms with van der Waals surface area (Å²) in [5.41, 5.74) is 0.00349. The Kier molecular flexibility index (Phi) is 7.14. The zero-order chi connectivity index (χ0) is 29.8. The van der Waals surface area contributed by atoms with Crippen molar-refractivity contribution >= 4 is 79.4 Å². The van der Waals surface area contributed by atoms with E-state index in [4.69, 9.17) is 0 Å². The minimum Gasteiger partial charge on any atom is -0.308 e. The van der Waals surface area contributed by atoms with Crippen molar-refractivity contribution in [3.05, 3.63) is 60.7 Å². The number of hydrogen-bond acceptors (Lipinski definition) is 9. The molecule has 212 valence electrons. The minimum atomic E-state index is -4.91. The van der Waals surface area contributed by atoms with Crippen LogP contribution in [0.15, 0.2) is 80.2 Å². The highest BCUT2D eigenvalue weighted by Gasteiger charge is 2.22. The van der Waals surface area contributed by atoms with E-state index in [1.54, 1.807) is 0 Å². The van der Waals surface area contributed by atoms with Gasteiger partial charge in [-0.15, -0.1) is 0 Å². The van der Waals surface area contributed by atoms with Crippen LogP contribution in [0.1, 0.15) is 0 Å². The summed E-state index contributed by atoms with van der Waals surface area (Å²) in [5.74, 6) is 0. The molecule has 4 aromatic rings. The van der Waals surface area contributed by atoms with Gasteiger partial charge in [-0.05, 0) is 59.3 Å². The highest BCUT2D eigenvalue weighted by atomic mass is 32.2. The summed E-state index contributed by atoms with van der Waals surface area (Å²) in [6.07, 6.45) is 0. The standard InChI is InChI=1S/C21H16N2O13S4/c24-21(22-13-1-3-17-11(5-13)7-15(37(25,26)27)9-19(17)39(31,32)33)23-14-2-4-18-12(6-14)8-16(38(28,29)30)10-20(18)40(34,35)36/h1-10H,(H2,22,23,24)(H,25,26,27)(H,28,29,30)(H,31,32,33)(H,34,35,36). The predicted molar refractivity (Wildman–Crippen MR) is 140 cm³/mol. The van der Waals surface area contributed by atoms with Crippen molar-refractivity contribution in [2.75, 3.05) is 10.6 Å². The molecule has 0 aliphatic heterocycles. The molecule has 0 saturated carbocycles. The first-order valence-corrected chi connectivity index (χ1v) is 16.1. The van der Waals surface area contributed by atoms with Crippen LogP contribution in [-0.2, 0) is 40.5 Å². The van der Waals surface area contributed by atoms with E-state index in [-0.39, 0.29) is 32.9 Å². The van der Waals surface area contributed by atoms with E-state index in [9.17, 15) is 56.7 Å². The summed E-state index contributed by atoms with van der Waals surface area (Å²) >= 11 is 0. The molecule has 2 amide bonds. The Labute approximate surface area is 226 Å². The number of anilines is 2. The summed E-state index contributed by atoms with van der Waals surface area (Å²) in [4.78, 5) is 9.31. The number of urea groups is 1. The number of nitrogens with one attached hydrogen (secondary N) is 2. The van der Waals surface area contributed by atoms with E-state index >= 15 is 0 Å². The first-order valence-electron chi connectivity index (χ1n) is 10.4. The molecule has 4 rings (SSSR count). The first-order chi connectivity index (χ1) is 18.2. The SMILES string of the molecule is O=C(Nc1ccc2c(S(=O)(=O)O)cc(S(=O)(=O)O)cc2c1)Nc1ccc2c(S(=O)(=O)O)cc(S(=O)(=O)O)cc2c1. The molecule has 0 unspecified atom stereocenters. The zero-order valence-corrected chi connectivity index (χ0v) is 22.6. The minimum absolute atomic E-state index is 0.00175. The molecule has 19 heteroatoms. The van der Waals surface area contributed by atoms with Gasteiger partial charge >= 0.3 is 6.03 Å². The van der Waals surface area contributed by atoms with E-state index in [2.05, 4.69) is 10.6 Å². The van der Waals surface area contributed by atoms with Crippen LogP contribution in [0.5, 0.6) is 0 Å². The molecule has 0 heterocycles. The average molecular weight is 633 g/mol. The van der Waals surface area contributed by atoms with E-state index < -0.39 is 66.1 Å². The fraction of sp³-hybridized carbons (Fsp3) is 0. The topological polar surface area (TPSA) is 259 Å². The van der Waals surface area contributed by atoms with Crippen molar-refractivity contribution < 1.29 is 56.7 Å². The van der Waals surface area contributed by atoms with Gasteiger partial charge in [0.25, 0.3) is 40.5 Å². The van der Waals surface area contributed by atoms with Gasteiger partial charge in [-0.2, -0.15) is 33.7 Å². The summed E-state index contributed by atoms with van der Waals surface area (Å²) < 4.78 is 131. The average Bonchev–Trinajstić information content (AvgIpc) is 2.79. The lowest BCUT2D eigenvalue weighted by molar-refractivity contribution is 0.262. The molecule has 15 nitrogen and oxygen atoms in total. The predicted octanol–water partition coefficient (Wildman–Crippen LogP) is 2.62. The molecular weight excluding hydrogens is 617 g/mol. The normalized spacial score (nSPS) is 12.9. The maximum absolute atomic E-state index is 12.6. The van der Waals surface area contributed by atoms with E-state index in [1.807, 2.05) is 0 Å². The Bertz CT molecular complexity index is 2020. The summed E-state index contributed by atoms with van der Waals surface area (Å²) in [6.45, 7) is 0. The molecule has 4 aromatic carbocycles.